The Morgan fingerprint density at radius 3 is 2.94 bits per heavy atom. The van der Waals surface area contributed by atoms with Crippen molar-refractivity contribution in [1.82, 2.24) is 0 Å². The summed E-state index contributed by atoms with van der Waals surface area (Å²) in [5, 5.41) is 0. The summed E-state index contributed by atoms with van der Waals surface area (Å²) in [6.45, 7) is 4.05. The zero-order valence-electron chi connectivity index (χ0n) is 9.79. The van der Waals surface area contributed by atoms with Crippen LogP contribution in [-0.4, -0.2) is 18.0 Å². The van der Waals surface area contributed by atoms with Gasteiger partial charge >= 0.3 is 0 Å². The van der Waals surface area contributed by atoms with Gasteiger partial charge in [0.2, 0.25) is 0 Å². The third kappa shape index (κ3) is 3.08. The third-order valence-corrected chi connectivity index (χ3v) is 4.45. The van der Waals surface area contributed by atoms with Crippen molar-refractivity contribution in [2.24, 2.45) is 5.92 Å². The maximum absolute atomic E-state index is 5.54. The quantitative estimate of drug-likeness (QED) is 0.768. The topological polar surface area (TPSA) is 9.23 Å². The molecule has 1 nitrogen and oxygen atoms in total. The van der Waals surface area contributed by atoms with Gasteiger partial charge in [0.25, 0.3) is 0 Å². The molecule has 0 aliphatic carbocycles. The maximum Gasteiger partial charge on any atom is 0.0505 e. The van der Waals surface area contributed by atoms with Crippen LogP contribution in [-0.2, 0) is 11.2 Å². The highest BCUT2D eigenvalue weighted by molar-refractivity contribution is 9.09. The van der Waals surface area contributed by atoms with Crippen LogP contribution >= 0.6 is 15.9 Å². The molecule has 0 amide bonds. The molecule has 0 bridgehead atoms. The normalized spacial score (nSPS) is 23.0. The Balaban J connectivity index is 1.96. The molecule has 88 valence electrons. The fourth-order valence-corrected chi connectivity index (χ4v) is 3.03. The fraction of sp³-hybridized carbons (Fsp3) is 0.571. The van der Waals surface area contributed by atoms with E-state index in [1.54, 1.807) is 0 Å². The molecule has 2 unspecified atom stereocenters. The monoisotopic (exact) mass is 282 g/mol. The number of ether oxygens (including phenoxy) is 1. The van der Waals surface area contributed by atoms with Crippen molar-refractivity contribution >= 4 is 15.9 Å². The van der Waals surface area contributed by atoms with Crippen molar-refractivity contribution in [3.05, 3.63) is 35.4 Å². The van der Waals surface area contributed by atoms with E-state index in [1.165, 1.54) is 24.0 Å². The molecule has 2 rings (SSSR count). The fourth-order valence-electron chi connectivity index (χ4n) is 2.27. The van der Waals surface area contributed by atoms with E-state index in [0.717, 1.165) is 19.6 Å². The molecule has 1 aliphatic rings. The molecule has 2 atom stereocenters. The molecule has 1 aromatic rings. The van der Waals surface area contributed by atoms with Gasteiger partial charge in [0.05, 0.1) is 6.61 Å². The predicted octanol–water partition coefficient (Wildman–Crippen LogP) is 3.73. The van der Waals surface area contributed by atoms with Gasteiger partial charge in [-0.3, -0.25) is 0 Å². The number of hydrogen-bond acceptors (Lipinski definition) is 1. The van der Waals surface area contributed by atoms with Gasteiger partial charge in [0, 0.05) is 11.4 Å². The lowest BCUT2D eigenvalue weighted by Gasteiger charge is -2.26. The van der Waals surface area contributed by atoms with Crippen LogP contribution in [0.1, 0.15) is 24.0 Å². The Morgan fingerprint density at radius 1 is 1.44 bits per heavy atom. The Hall–Kier alpha value is -0.340. The van der Waals surface area contributed by atoms with Crippen LogP contribution in [0.4, 0.5) is 0 Å². The molecule has 2 heteroatoms. The minimum Gasteiger partial charge on any atom is -0.381 e. The summed E-state index contributed by atoms with van der Waals surface area (Å²) in [4.78, 5) is 0.550. The molecule has 0 radical (unpaired) electrons. The molecule has 1 aliphatic heterocycles. The third-order valence-electron chi connectivity index (χ3n) is 3.38. The van der Waals surface area contributed by atoms with Gasteiger partial charge in [0.1, 0.15) is 0 Å². The van der Waals surface area contributed by atoms with Crippen molar-refractivity contribution in [2.75, 3.05) is 13.2 Å². The van der Waals surface area contributed by atoms with E-state index >= 15 is 0 Å². The van der Waals surface area contributed by atoms with E-state index in [9.17, 15) is 0 Å². The Morgan fingerprint density at radius 2 is 2.25 bits per heavy atom. The Bertz CT molecular complexity index is 331. The molecular formula is C14H19BrO. The second kappa shape index (κ2) is 5.83. The SMILES string of the molecule is Cc1ccccc1CC(Br)C1CCCOC1. The van der Waals surface area contributed by atoms with E-state index in [-0.39, 0.29) is 0 Å². The van der Waals surface area contributed by atoms with Gasteiger partial charge in [-0.25, -0.2) is 0 Å². The lowest BCUT2D eigenvalue weighted by molar-refractivity contribution is 0.0547. The van der Waals surface area contributed by atoms with Crippen LogP contribution < -0.4 is 0 Å². The average molecular weight is 283 g/mol. The molecule has 16 heavy (non-hydrogen) atoms. The molecule has 0 aromatic heterocycles. The van der Waals surface area contributed by atoms with Crippen molar-refractivity contribution < 1.29 is 4.74 Å². The van der Waals surface area contributed by atoms with Crippen LogP contribution in [0.3, 0.4) is 0 Å². The molecule has 0 N–H and O–H groups in total. The smallest absolute Gasteiger partial charge is 0.0505 e. The minimum atomic E-state index is 0.550. The highest BCUT2D eigenvalue weighted by atomic mass is 79.9. The van der Waals surface area contributed by atoms with Crippen LogP contribution in [0.15, 0.2) is 24.3 Å². The van der Waals surface area contributed by atoms with E-state index in [4.69, 9.17) is 4.74 Å². The first-order valence-corrected chi connectivity index (χ1v) is 6.95. The molecular weight excluding hydrogens is 264 g/mol. The van der Waals surface area contributed by atoms with Gasteiger partial charge in [-0.15, -0.1) is 0 Å². The number of aryl methyl sites for hydroxylation is 1. The summed E-state index contributed by atoms with van der Waals surface area (Å²) in [7, 11) is 0. The van der Waals surface area contributed by atoms with Gasteiger partial charge < -0.3 is 4.74 Å². The zero-order valence-corrected chi connectivity index (χ0v) is 11.4. The van der Waals surface area contributed by atoms with E-state index < -0.39 is 0 Å². The number of rotatable bonds is 3. The van der Waals surface area contributed by atoms with Gasteiger partial charge in [-0.1, -0.05) is 40.2 Å². The summed E-state index contributed by atoms with van der Waals surface area (Å²) >= 11 is 3.83. The number of alkyl halides is 1. The van der Waals surface area contributed by atoms with E-state index in [0.29, 0.717) is 10.7 Å². The van der Waals surface area contributed by atoms with E-state index in [1.807, 2.05) is 0 Å². The van der Waals surface area contributed by atoms with Crippen LogP contribution in [0, 0.1) is 12.8 Å². The maximum atomic E-state index is 5.54. The first-order chi connectivity index (χ1) is 7.77. The largest absolute Gasteiger partial charge is 0.381 e. The molecule has 0 saturated carbocycles. The molecule has 1 heterocycles. The molecule has 0 spiro atoms. The summed E-state index contributed by atoms with van der Waals surface area (Å²) in [6, 6.07) is 8.64. The lowest BCUT2D eigenvalue weighted by Crippen LogP contribution is -2.26. The summed E-state index contributed by atoms with van der Waals surface area (Å²) < 4.78 is 5.54. The molecule has 1 aromatic carbocycles. The highest BCUT2D eigenvalue weighted by Gasteiger charge is 2.22. The average Bonchev–Trinajstić information content (AvgIpc) is 2.33. The second-order valence-electron chi connectivity index (χ2n) is 4.62. The molecule has 1 saturated heterocycles. The number of hydrogen-bond donors (Lipinski definition) is 0. The predicted molar refractivity (Wildman–Crippen MR) is 71.1 cm³/mol. The first kappa shape index (κ1) is 12.1. The highest BCUT2D eigenvalue weighted by Crippen LogP contribution is 2.26. The summed E-state index contributed by atoms with van der Waals surface area (Å²) in [5.74, 6) is 0.674. The Labute approximate surface area is 106 Å². The zero-order chi connectivity index (χ0) is 11.4. The number of halogens is 1. The van der Waals surface area contributed by atoms with Crippen LogP contribution in [0.5, 0.6) is 0 Å². The van der Waals surface area contributed by atoms with Gasteiger partial charge in [-0.2, -0.15) is 0 Å². The van der Waals surface area contributed by atoms with Crippen molar-refractivity contribution in [3.63, 3.8) is 0 Å². The summed E-state index contributed by atoms with van der Waals surface area (Å²) in [5.41, 5.74) is 2.85. The number of benzene rings is 1. The van der Waals surface area contributed by atoms with Crippen molar-refractivity contribution in [3.8, 4) is 0 Å². The second-order valence-corrected chi connectivity index (χ2v) is 5.80. The standard InChI is InChI=1S/C14H19BrO/c1-11-5-2-3-6-12(11)9-14(15)13-7-4-8-16-10-13/h2-3,5-6,13-14H,4,7-10H2,1H3. The molecule has 1 fully saturated rings. The first-order valence-electron chi connectivity index (χ1n) is 6.03. The summed E-state index contributed by atoms with van der Waals surface area (Å²) in [6.07, 6.45) is 3.61. The van der Waals surface area contributed by atoms with Crippen LogP contribution in [0.2, 0.25) is 0 Å². The lowest BCUT2D eigenvalue weighted by atomic mass is 9.93. The van der Waals surface area contributed by atoms with Crippen molar-refractivity contribution in [1.29, 1.82) is 0 Å². The van der Waals surface area contributed by atoms with Crippen molar-refractivity contribution in [2.45, 2.75) is 31.0 Å². The minimum absolute atomic E-state index is 0.550. The van der Waals surface area contributed by atoms with E-state index in [2.05, 4.69) is 47.1 Å². The van der Waals surface area contributed by atoms with Gasteiger partial charge in [0.15, 0.2) is 0 Å². The van der Waals surface area contributed by atoms with Gasteiger partial charge in [-0.05, 0) is 43.2 Å². The Kier molecular flexibility index (Phi) is 4.42. The van der Waals surface area contributed by atoms with Crippen LogP contribution in [0.25, 0.3) is 0 Å².